The molecule has 0 saturated heterocycles. The Morgan fingerprint density at radius 1 is 0.864 bits per heavy atom. The van der Waals surface area contributed by atoms with Crippen LogP contribution in [0.4, 0.5) is 0 Å². The molecule has 0 amide bonds. The third kappa shape index (κ3) is 3.65. The molecule has 114 valence electrons. The second-order valence-electron chi connectivity index (χ2n) is 4.74. The van der Waals surface area contributed by atoms with Crippen molar-refractivity contribution in [2.75, 3.05) is 0 Å². The average Bonchev–Trinajstić information content (AvgIpc) is 2.50. The Morgan fingerprint density at radius 3 is 2.09 bits per heavy atom. The van der Waals surface area contributed by atoms with E-state index >= 15 is 0 Å². The molecule has 0 heterocycles. The molecule has 0 saturated carbocycles. The summed E-state index contributed by atoms with van der Waals surface area (Å²) in [7, 11) is -3.89. The molecule has 0 aliphatic rings. The van der Waals surface area contributed by atoms with E-state index in [9.17, 15) is 8.42 Å². The predicted octanol–water partition coefficient (Wildman–Crippen LogP) is 3.91. The van der Waals surface area contributed by atoms with E-state index in [1.54, 1.807) is 48.6 Å². The smallest absolute Gasteiger partial charge is 0.339 e. The van der Waals surface area contributed by atoms with Gasteiger partial charge in [-0.15, -0.1) is 13.2 Å². The van der Waals surface area contributed by atoms with E-state index in [0.29, 0.717) is 24.2 Å². The Labute approximate surface area is 131 Å². The van der Waals surface area contributed by atoms with Crippen molar-refractivity contribution in [1.29, 1.82) is 0 Å². The number of para-hydroxylation sites is 1. The maximum atomic E-state index is 12.6. The van der Waals surface area contributed by atoms with Crippen LogP contribution in [0.1, 0.15) is 11.1 Å². The highest BCUT2D eigenvalue weighted by atomic mass is 32.2. The van der Waals surface area contributed by atoms with Crippen LogP contribution in [0.3, 0.4) is 0 Å². The first-order chi connectivity index (χ1) is 10.6. The minimum absolute atomic E-state index is 0.170. The molecule has 0 unspecified atom stereocenters. The molecule has 0 N–H and O–H groups in total. The number of benzene rings is 2. The first kappa shape index (κ1) is 16.0. The average molecular weight is 314 g/mol. The van der Waals surface area contributed by atoms with Gasteiger partial charge in [-0.1, -0.05) is 48.6 Å². The van der Waals surface area contributed by atoms with Crippen molar-refractivity contribution in [3.05, 3.63) is 85.0 Å². The van der Waals surface area contributed by atoms with E-state index in [1.165, 1.54) is 0 Å². The summed E-state index contributed by atoms with van der Waals surface area (Å²) in [6.45, 7) is 7.33. The molecule has 0 fully saturated rings. The zero-order valence-corrected chi connectivity index (χ0v) is 13.1. The van der Waals surface area contributed by atoms with Crippen molar-refractivity contribution in [2.45, 2.75) is 17.7 Å². The minimum Gasteiger partial charge on any atom is -0.379 e. The number of hydrogen-bond donors (Lipinski definition) is 0. The van der Waals surface area contributed by atoms with Gasteiger partial charge in [0.25, 0.3) is 0 Å². The number of rotatable bonds is 7. The number of allylic oxidation sites excluding steroid dienone is 2. The summed E-state index contributed by atoms with van der Waals surface area (Å²) >= 11 is 0. The highest BCUT2D eigenvalue weighted by Gasteiger charge is 2.21. The normalized spacial score (nSPS) is 10.9. The van der Waals surface area contributed by atoms with Crippen LogP contribution in [-0.4, -0.2) is 8.42 Å². The van der Waals surface area contributed by atoms with Gasteiger partial charge in [-0.3, -0.25) is 0 Å². The molecule has 2 rings (SSSR count). The van der Waals surface area contributed by atoms with Crippen molar-refractivity contribution in [3.8, 4) is 5.75 Å². The predicted molar refractivity (Wildman–Crippen MR) is 88.5 cm³/mol. The second kappa shape index (κ2) is 7.09. The summed E-state index contributed by atoms with van der Waals surface area (Å²) in [5, 5.41) is 0. The van der Waals surface area contributed by atoms with Crippen molar-refractivity contribution in [1.82, 2.24) is 0 Å². The van der Waals surface area contributed by atoms with Crippen molar-refractivity contribution in [2.24, 2.45) is 0 Å². The van der Waals surface area contributed by atoms with E-state index in [-0.39, 0.29) is 4.90 Å². The third-order valence-corrected chi connectivity index (χ3v) is 4.48. The molecule has 2 aromatic rings. The Balaban J connectivity index is 2.40. The highest BCUT2D eigenvalue weighted by Crippen LogP contribution is 2.25. The molecule has 0 aromatic heterocycles. The van der Waals surface area contributed by atoms with Crippen LogP contribution in [-0.2, 0) is 23.0 Å². The Morgan fingerprint density at radius 2 is 1.41 bits per heavy atom. The zero-order valence-electron chi connectivity index (χ0n) is 12.2. The lowest BCUT2D eigenvalue weighted by Gasteiger charge is -2.12. The fourth-order valence-electron chi connectivity index (χ4n) is 2.14. The standard InChI is InChI=1S/C18H18O3S/c1-3-9-15-11-5-7-13-17(15)21-22(19,20)18-14-8-6-12-16(18)10-4-2/h3-8,11-14H,1-2,9-10H2. The summed E-state index contributed by atoms with van der Waals surface area (Å²) in [5.74, 6) is 0.329. The van der Waals surface area contributed by atoms with Gasteiger partial charge in [-0.2, -0.15) is 8.42 Å². The molecular formula is C18H18O3S. The van der Waals surface area contributed by atoms with Gasteiger partial charge in [-0.05, 0) is 36.1 Å². The topological polar surface area (TPSA) is 43.4 Å². The molecule has 0 spiro atoms. The fraction of sp³-hybridized carbons (Fsp3) is 0.111. The SMILES string of the molecule is C=CCc1ccccc1OS(=O)(=O)c1ccccc1CC=C. The fourth-order valence-corrected chi connectivity index (χ4v) is 3.35. The van der Waals surface area contributed by atoms with Crippen LogP contribution in [0.2, 0.25) is 0 Å². The summed E-state index contributed by atoms with van der Waals surface area (Å²) in [4.78, 5) is 0.170. The van der Waals surface area contributed by atoms with Crippen molar-refractivity contribution >= 4 is 10.1 Å². The largest absolute Gasteiger partial charge is 0.379 e. The second-order valence-corrected chi connectivity index (χ2v) is 6.25. The zero-order chi connectivity index (χ0) is 16.0. The van der Waals surface area contributed by atoms with E-state index in [0.717, 1.165) is 5.56 Å². The maximum absolute atomic E-state index is 12.6. The van der Waals surface area contributed by atoms with Crippen LogP contribution >= 0.6 is 0 Å². The Kier molecular flexibility index (Phi) is 5.17. The van der Waals surface area contributed by atoms with Crippen molar-refractivity contribution in [3.63, 3.8) is 0 Å². The van der Waals surface area contributed by atoms with E-state index < -0.39 is 10.1 Å². The van der Waals surface area contributed by atoms with Gasteiger partial charge < -0.3 is 4.18 Å². The quantitative estimate of drug-likeness (QED) is 0.575. The van der Waals surface area contributed by atoms with Crippen LogP contribution < -0.4 is 4.18 Å². The van der Waals surface area contributed by atoms with E-state index in [1.807, 2.05) is 12.1 Å². The highest BCUT2D eigenvalue weighted by molar-refractivity contribution is 7.87. The van der Waals surface area contributed by atoms with Crippen LogP contribution in [0.25, 0.3) is 0 Å². The van der Waals surface area contributed by atoms with Crippen LogP contribution in [0.15, 0.2) is 78.7 Å². The van der Waals surface area contributed by atoms with E-state index in [2.05, 4.69) is 13.2 Å². The molecule has 4 heteroatoms. The molecular weight excluding hydrogens is 296 g/mol. The molecule has 0 aliphatic carbocycles. The van der Waals surface area contributed by atoms with Gasteiger partial charge >= 0.3 is 10.1 Å². The third-order valence-electron chi connectivity index (χ3n) is 3.14. The van der Waals surface area contributed by atoms with Crippen LogP contribution in [0, 0.1) is 0 Å². The van der Waals surface area contributed by atoms with Gasteiger partial charge in [0.1, 0.15) is 10.6 Å². The van der Waals surface area contributed by atoms with Gasteiger partial charge in [0.05, 0.1) is 0 Å². The van der Waals surface area contributed by atoms with Crippen molar-refractivity contribution < 1.29 is 12.6 Å². The lowest BCUT2D eigenvalue weighted by Crippen LogP contribution is -2.13. The number of hydrogen-bond acceptors (Lipinski definition) is 3. The van der Waals surface area contributed by atoms with Gasteiger partial charge in [0.2, 0.25) is 0 Å². The molecule has 0 atom stereocenters. The molecule has 22 heavy (non-hydrogen) atoms. The minimum atomic E-state index is -3.89. The Bertz CT molecular complexity index is 776. The Hall–Kier alpha value is -2.33. The van der Waals surface area contributed by atoms with Gasteiger partial charge in [-0.25, -0.2) is 0 Å². The van der Waals surface area contributed by atoms with E-state index in [4.69, 9.17) is 4.18 Å². The first-order valence-electron chi connectivity index (χ1n) is 6.90. The van der Waals surface area contributed by atoms with Crippen LogP contribution in [0.5, 0.6) is 5.75 Å². The molecule has 0 radical (unpaired) electrons. The molecule has 3 nitrogen and oxygen atoms in total. The summed E-state index contributed by atoms with van der Waals surface area (Å²) in [6, 6.07) is 13.8. The summed E-state index contributed by atoms with van der Waals surface area (Å²) in [6.07, 6.45) is 4.38. The molecule has 0 aliphatic heterocycles. The van der Waals surface area contributed by atoms with Gasteiger partial charge in [0.15, 0.2) is 0 Å². The van der Waals surface area contributed by atoms with Gasteiger partial charge in [0, 0.05) is 0 Å². The first-order valence-corrected chi connectivity index (χ1v) is 8.31. The maximum Gasteiger partial charge on any atom is 0.339 e. The lowest BCUT2D eigenvalue weighted by molar-refractivity contribution is 0.483. The lowest BCUT2D eigenvalue weighted by atomic mass is 10.1. The summed E-state index contributed by atoms with van der Waals surface area (Å²) in [5.41, 5.74) is 1.45. The molecule has 0 bridgehead atoms. The monoisotopic (exact) mass is 314 g/mol. The summed E-state index contributed by atoms with van der Waals surface area (Å²) < 4.78 is 30.5. The molecule has 2 aromatic carbocycles.